The summed E-state index contributed by atoms with van der Waals surface area (Å²) in [6.45, 7) is 3.88. The molecule has 80 valence electrons. The van der Waals surface area contributed by atoms with Crippen LogP contribution in [-0.2, 0) is 13.1 Å². The predicted octanol–water partition coefficient (Wildman–Crippen LogP) is 3.70. The average molecular weight is 286 g/mol. The van der Waals surface area contributed by atoms with E-state index in [0.717, 1.165) is 13.1 Å². The molecule has 0 unspecified atom stereocenters. The summed E-state index contributed by atoms with van der Waals surface area (Å²) in [6, 6.07) is 4.14. The van der Waals surface area contributed by atoms with Gasteiger partial charge in [0.25, 0.3) is 0 Å². The molecule has 2 nitrogen and oxygen atoms in total. The third-order valence-corrected chi connectivity index (χ3v) is 4.25. The Morgan fingerprint density at radius 1 is 1.47 bits per heavy atom. The summed E-state index contributed by atoms with van der Waals surface area (Å²) >= 11 is 5.33. The first-order valence-electron chi connectivity index (χ1n) is 4.72. The van der Waals surface area contributed by atoms with Gasteiger partial charge in [0.15, 0.2) is 0 Å². The number of furan rings is 1. The number of nitrogens with one attached hydrogen (secondary N) is 1. The second-order valence-corrected chi connectivity index (χ2v) is 5.55. The van der Waals surface area contributed by atoms with Gasteiger partial charge in [0.2, 0.25) is 0 Å². The Labute approximate surface area is 101 Å². The van der Waals surface area contributed by atoms with Gasteiger partial charge in [-0.15, -0.1) is 11.3 Å². The molecule has 0 fully saturated rings. The molecule has 0 atom stereocenters. The fourth-order valence-electron chi connectivity index (χ4n) is 1.33. The SMILES string of the molecule is Cc1sc(CNCc2ccoc2)cc1Br. The van der Waals surface area contributed by atoms with E-state index < -0.39 is 0 Å². The van der Waals surface area contributed by atoms with E-state index in [-0.39, 0.29) is 0 Å². The number of halogens is 1. The van der Waals surface area contributed by atoms with Gasteiger partial charge in [-0.3, -0.25) is 0 Å². The molecule has 0 aromatic carbocycles. The van der Waals surface area contributed by atoms with Crippen LogP contribution in [0.5, 0.6) is 0 Å². The minimum absolute atomic E-state index is 0.852. The zero-order valence-corrected chi connectivity index (χ0v) is 10.8. The molecule has 1 N–H and O–H groups in total. The van der Waals surface area contributed by atoms with Crippen LogP contribution in [-0.4, -0.2) is 0 Å². The monoisotopic (exact) mass is 285 g/mol. The third-order valence-electron chi connectivity index (χ3n) is 2.12. The maximum atomic E-state index is 5.00. The van der Waals surface area contributed by atoms with E-state index in [0.29, 0.717) is 0 Å². The van der Waals surface area contributed by atoms with Gasteiger partial charge >= 0.3 is 0 Å². The molecule has 2 aromatic heterocycles. The van der Waals surface area contributed by atoms with Crippen molar-refractivity contribution in [3.05, 3.63) is 44.4 Å². The lowest BCUT2D eigenvalue weighted by atomic mass is 10.3. The van der Waals surface area contributed by atoms with Crippen LogP contribution >= 0.6 is 27.3 Å². The number of aryl methyl sites for hydroxylation is 1. The first-order valence-corrected chi connectivity index (χ1v) is 6.33. The molecule has 0 aliphatic carbocycles. The minimum atomic E-state index is 0.852. The number of hydrogen-bond donors (Lipinski definition) is 1. The molecule has 0 saturated carbocycles. The van der Waals surface area contributed by atoms with Crippen molar-refractivity contribution in [2.45, 2.75) is 20.0 Å². The van der Waals surface area contributed by atoms with Crippen molar-refractivity contribution in [2.24, 2.45) is 0 Å². The molecule has 0 radical (unpaired) electrons. The summed E-state index contributed by atoms with van der Waals surface area (Å²) < 4.78 is 6.20. The Morgan fingerprint density at radius 2 is 2.33 bits per heavy atom. The lowest BCUT2D eigenvalue weighted by molar-refractivity contribution is 0.560. The van der Waals surface area contributed by atoms with Crippen LogP contribution in [0.3, 0.4) is 0 Å². The molecular weight excluding hydrogens is 274 g/mol. The highest BCUT2D eigenvalue weighted by molar-refractivity contribution is 9.10. The lowest BCUT2D eigenvalue weighted by Crippen LogP contribution is -2.10. The van der Waals surface area contributed by atoms with Crippen molar-refractivity contribution in [1.29, 1.82) is 0 Å². The molecule has 0 aliphatic rings. The number of thiophene rings is 1. The molecule has 0 spiro atoms. The highest BCUT2D eigenvalue weighted by atomic mass is 79.9. The largest absolute Gasteiger partial charge is 0.472 e. The Kier molecular flexibility index (Phi) is 3.61. The Bertz CT molecular complexity index is 402. The molecule has 0 saturated heterocycles. The summed E-state index contributed by atoms with van der Waals surface area (Å²) in [5, 5.41) is 3.37. The molecule has 2 aromatic rings. The molecule has 0 aliphatic heterocycles. The fourth-order valence-corrected chi connectivity index (χ4v) is 2.90. The van der Waals surface area contributed by atoms with E-state index in [2.05, 4.69) is 34.2 Å². The van der Waals surface area contributed by atoms with Crippen molar-refractivity contribution >= 4 is 27.3 Å². The summed E-state index contributed by atoms with van der Waals surface area (Å²) in [5.74, 6) is 0. The maximum Gasteiger partial charge on any atom is 0.0947 e. The highest BCUT2D eigenvalue weighted by Gasteiger charge is 2.02. The van der Waals surface area contributed by atoms with Crippen LogP contribution < -0.4 is 5.32 Å². The number of hydrogen-bond acceptors (Lipinski definition) is 3. The van der Waals surface area contributed by atoms with Gasteiger partial charge in [-0.25, -0.2) is 0 Å². The van der Waals surface area contributed by atoms with Crippen molar-refractivity contribution in [3.63, 3.8) is 0 Å². The fraction of sp³-hybridized carbons (Fsp3) is 0.273. The first kappa shape index (κ1) is 10.9. The molecule has 0 bridgehead atoms. The maximum absolute atomic E-state index is 5.00. The second kappa shape index (κ2) is 4.96. The van der Waals surface area contributed by atoms with Crippen molar-refractivity contribution in [2.75, 3.05) is 0 Å². The average Bonchev–Trinajstić information content (AvgIpc) is 2.79. The Hall–Kier alpha value is -0.580. The van der Waals surface area contributed by atoms with Gasteiger partial charge in [0.05, 0.1) is 12.5 Å². The molecule has 2 heterocycles. The second-order valence-electron chi connectivity index (χ2n) is 3.35. The molecule has 4 heteroatoms. The topological polar surface area (TPSA) is 25.2 Å². The van der Waals surface area contributed by atoms with E-state index in [4.69, 9.17) is 4.42 Å². The summed E-state index contributed by atoms with van der Waals surface area (Å²) in [4.78, 5) is 2.68. The van der Waals surface area contributed by atoms with Gasteiger partial charge < -0.3 is 9.73 Å². The molecule has 2 rings (SSSR count). The molecule has 15 heavy (non-hydrogen) atoms. The van der Waals surface area contributed by atoms with Crippen molar-refractivity contribution in [1.82, 2.24) is 5.32 Å². The zero-order valence-electron chi connectivity index (χ0n) is 8.42. The normalized spacial score (nSPS) is 10.8. The van der Waals surface area contributed by atoms with Gasteiger partial charge in [0, 0.05) is 32.9 Å². The van der Waals surface area contributed by atoms with Crippen LogP contribution in [0.25, 0.3) is 0 Å². The van der Waals surface area contributed by atoms with Gasteiger partial charge in [0.1, 0.15) is 0 Å². The van der Waals surface area contributed by atoms with Crippen LogP contribution in [0, 0.1) is 6.92 Å². The van der Waals surface area contributed by atoms with Gasteiger partial charge in [-0.05, 0) is 35.0 Å². The lowest BCUT2D eigenvalue weighted by Gasteiger charge is -1.99. The zero-order chi connectivity index (χ0) is 10.7. The molecular formula is C11H12BrNOS. The standard InChI is InChI=1S/C11H12BrNOS/c1-8-11(12)4-10(15-8)6-13-5-9-2-3-14-7-9/h2-4,7,13H,5-6H2,1H3. The third kappa shape index (κ3) is 2.93. The first-order chi connectivity index (χ1) is 7.25. The van der Waals surface area contributed by atoms with Crippen molar-refractivity contribution in [3.8, 4) is 0 Å². The van der Waals surface area contributed by atoms with Gasteiger partial charge in [-0.1, -0.05) is 0 Å². The van der Waals surface area contributed by atoms with E-state index in [1.54, 1.807) is 12.5 Å². The number of rotatable bonds is 4. The summed E-state index contributed by atoms with van der Waals surface area (Å²) in [7, 11) is 0. The molecule has 0 amide bonds. The van der Waals surface area contributed by atoms with Crippen LogP contribution in [0.4, 0.5) is 0 Å². The predicted molar refractivity (Wildman–Crippen MR) is 66.0 cm³/mol. The van der Waals surface area contributed by atoms with E-state index in [9.17, 15) is 0 Å². The Morgan fingerprint density at radius 3 is 2.93 bits per heavy atom. The minimum Gasteiger partial charge on any atom is -0.472 e. The van der Waals surface area contributed by atoms with Crippen molar-refractivity contribution < 1.29 is 4.42 Å². The van der Waals surface area contributed by atoms with E-state index in [1.807, 2.05) is 17.4 Å². The summed E-state index contributed by atoms with van der Waals surface area (Å²) in [6.07, 6.45) is 3.46. The van der Waals surface area contributed by atoms with Crippen LogP contribution in [0.1, 0.15) is 15.3 Å². The van der Waals surface area contributed by atoms with E-state index in [1.165, 1.54) is 19.8 Å². The smallest absolute Gasteiger partial charge is 0.0947 e. The Balaban J connectivity index is 1.83. The highest BCUT2D eigenvalue weighted by Crippen LogP contribution is 2.26. The van der Waals surface area contributed by atoms with Crippen LogP contribution in [0.15, 0.2) is 33.5 Å². The summed E-state index contributed by atoms with van der Waals surface area (Å²) in [5.41, 5.74) is 1.18. The van der Waals surface area contributed by atoms with Gasteiger partial charge in [-0.2, -0.15) is 0 Å². The quantitative estimate of drug-likeness (QED) is 0.927. The van der Waals surface area contributed by atoms with E-state index >= 15 is 0 Å². The van der Waals surface area contributed by atoms with Crippen LogP contribution in [0.2, 0.25) is 0 Å².